The number of rotatable bonds is 0. The maximum absolute atomic E-state index is 10.7. The van der Waals surface area contributed by atoms with Crippen molar-refractivity contribution < 1.29 is 15.3 Å². The van der Waals surface area contributed by atoms with Gasteiger partial charge in [-0.25, -0.2) is 0 Å². The molecule has 0 radical (unpaired) electrons. The van der Waals surface area contributed by atoms with E-state index in [0.29, 0.717) is 18.3 Å². The van der Waals surface area contributed by atoms with Crippen LogP contribution in [0, 0.1) is 17.3 Å². The molecular weight excluding hydrogens is 264 g/mol. The number of aromatic hydroxyl groups is 1. The molecule has 114 valence electrons. The van der Waals surface area contributed by atoms with Gasteiger partial charge in [-0.3, -0.25) is 0 Å². The number of fused-ring (bicyclic) bond motifs is 5. The molecule has 3 aliphatic rings. The molecule has 0 spiro atoms. The first-order chi connectivity index (χ1) is 10.0. The van der Waals surface area contributed by atoms with Crippen LogP contribution in [0.15, 0.2) is 18.2 Å². The van der Waals surface area contributed by atoms with E-state index in [-0.39, 0.29) is 29.3 Å². The van der Waals surface area contributed by atoms with Gasteiger partial charge in [-0.1, -0.05) is 13.0 Å². The number of hydrogen-bond acceptors (Lipinski definition) is 3. The minimum atomic E-state index is -0.348. The molecule has 1 aromatic carbocycles. The topological polar surface area (TPSA) is 60.7 Å². The van der Waals surface area contributed by atoms with E-state index in [0.717, 1.165) is 31.2 Å². The summed E-state index contributed by atoms with van der Waals surface area (Å²) in [4.78, 5) is 0. The Morgan fingerprint density at radius 2 is 1.95 bits per heavy atom. The molecule has 0 unspecified atom stereocenters. The molecule has 3 N–H and O–H groups in total. The summed E-state index contributed by atoms with van der Waals surface area (Å²) in [5, 5.41) is 30.8. The van der Waals surface area contributed by atoms with Crippen molar-refractivity contribution in [2.45, 2.75) is 57.2 Å². The molecule has 4 rings (SSSR count). The summed E-state index contributed by atoms with van der Waals surface area (Å²) in [6.45, 7) is 2.21. The predicted molar refractivity (Wildman–Crippen MR) is 80.1 cm³/mol. The number of aliphatic hydroxyl groups excluding tert-OH is 2. The third kappa shape index (κ3) is 1.80. The van der Waals surface area contributed by atoms with E-state index in [1.54, 1.807) is 6.07 Å². The molecule has 3 aliphatic carbocycles. The fraction of sp³-hybridized carbons (Fsp3) is 0.667. The van der Waals surface area contributed by atoms with Gasteiger partial charge < -0.3 is 15.3 Å². The van der Waals surface area contributed by atoms with Gasteiger partial charge in [-0.15, -0.1) is 0 Å². The van der Waals surface area contributed by atoms with Crippen molar-refractivity contribution in [1.29, 1.82) is 0 Å². The first kappa shape index (κ1) is 13.6. The summed E-state index contributed by atoms with van der Waals surface area (Å²) < 4.78 is 0. The zero-order valence-electron chi connectivity index (χ0n) is 12.5. The highest BCUT2D eigenvalue weighted by atomic mass is 16.3. The maximum atomic E-state index is 10.7. The lowest BCUT2D eigenvalue weighted by Gasteiger charge is -2.51. The van der Waals surface area contributed by atoms with E-state index >= 15 is 0 Å². The molecule has 1 aromatic rings. The quantitative estimate of drug-likeness (QED) is 0.687. The van der Waals surface area contributed by atoms with Crippen LogP contribution in [-0.4, -0.2) is 27.5 Å². The van der Waals surface area contributed by atoms with Gasteiger partial charge in [0.05, 0.1) is 12.2 Å². The molecule has 0 heterocycles. The van der Waals surface area contributed by atoms with E-state index in [2.05, 4.69) is 6.92 Å². The number of phenolic OH excluding ortho intramolecular Hbond substituents is 1. The van der Waals surface area contributed by atoms with Gasteiger partial charge in [0.25, 0.3) is 0 Å². The average molecular weight is 288 g/mol. The fourth-order valence-electron chi connectivity index (χ4n) is 5.56. The fourth-order valence-corrected chi connectivity index (χ4v) is 5.56. The maximum Gasteiger partial charge on any atom is 0.115 e. The number of aliphatic hydroxyl groups is 2. The predicted octanol–water partition coefficient (Wildman–Crippen LogP) is 2.58. The van der Waals surface area contributed by atoms with Gasteiger partial charge in [0.1, 0.15) is 5.75 Å². The summed E-state index contributed by atoms with van der Waals surface area (Å²) in [6, 6.07) is 5.62. The number of phenols is 1. The van der Waals surface area contributed by atoms with Crippen molar-refractivity contribution in [2.24, 2.45) is 17.3 Å². The number of benzene rings is 1. The Hall–Kier alpha value is -1.06. The van der Waals surface area contributed by atoms with Crippen molar-refractivity contribution in [3.05, 3.63) is 29.3 Å². The van der Waals surface area contributed by atoms with Crippen LogP contribution in [-0.2, 0) is 6.42 Å². The molecule has 6 atom stereocenters. The minimum Gasteiger partial charge on any atom is -0.508 e. The summed E-state index contributed by atoms with van der Waals surface area (Å²) in [5.74, 6) is 1.35. The summed E-state index contributed by atoms with van der Waals surface area (Å²) >= 11 is 0. The SMILES string of the molecule is C[C@@]12CC[C@@H]3c4ccc(O)cc4C[C@H](O)[C@@H]3[C@@H]1CC[C@@H]2O. The third-order valence-corrected chi connectivity index (χ3v) is 6.68. The largest absolute Gasteiger partial charge is 0.508 e. The van der Waals surface area contributed by atoms with Crippen molar-refractivity contribution in [1.82, 2.24) is 0 Å². The van der Waals surface area contributed by atoms with Crippen LogP contribution in [0.5, 0.6) is 5.75 Å². The monoisotopic (exact) mass is 288 g/mol. The van der Waals surface area contributed by atoms with Crippen LogP contribution in [0.3, 0.4) is 0 Å². The molecule has 0 aromatic heterocycles. The normalized spacial score (nSPS) is 44.8. The highest BCUT2D eigenvalue weighted by Gasteiger charge is 2.56. The molecule has 3 heteroatoms. The lowest BCUT2D eigenvalue weighted by atomic mass is 9.54. The lowest BCUT2D eigenvalue weighted by Crippen LogP contribution is -2.49. The van der Waals surface area contributed by atoms with E-state index in [1.165, 1.54) is 5.56 Å². The Balaban J connectivity index is 1.76. The molecule has 0 bridgehead atoms. The molecule has 2 fully saturated rings. The number of hydrogen-bond donors (Lipinski definition) is 3. The van der Waals surface area contributed by atoms with E-state index in [4.69, 9.17) is 0 Å². The zero-order chi connectivity index (χ0) is 14.8. The Morgan fingerprint density at radius 3 is 2.76 bits per heavy atom. The van der Waals surface area contributed by atoms with Gasteiger partial charge in [0.15, 0.2) is 0 Å². The molecule has 0 aliphatic heterocycles. The first-order valence-corrected chi connectivity index (χ1v) is 8.18. The molecular formula is C18H24O3. The zero-order valence-corrected chi connectivity index (χ0v) is 12.5. The van der Waals surface area contributed by atoms with Crippen molar-refractivity contribution >= 4 is 0 Å². The Labute approximate surface area is 125 Å². The Kier molecular flexibility index (Phi) is 2.89. The third-order valence-electron chi connectivity index (χ3n) is 6.68. The van der Waals surface area contributed by atoms with Gasteiger partial charge >= 0.3 is 0 Å². The van der Waals surface area contributed by atoms with E-state index in [1.807, 2.05) is 12.1 Å². The minimum absolute atomic E-state index is 0.0173. The van der Waals surface area contributed by atoms with Gasteiger partial charge in [-0.2, -0.15) is 0 Å². The second-order valence-corrected chi connectivity index (χ2v) is 7.58. The first-order valence-electron chi connectivity index (χ1n) is 8.18. The second-order valence-electron chi connectivity index (χ2n) is 7.58. The van der Waals surface area contributed by atoms with Gasteiger partial charge in [-0.05, 0) is 78.5 Å². The Bertz CT molecular complexity index is 570. The van der Waals surface area contributed by atoms with Crippen LogP contribution in [0.25, 0.3) is 0 Å². The highest BCUT2D eigenvalue weighted by molar-refractivity contribution is 5.41. The van der Waals surface area contributed by atoms with Crippen molar-refractivity contribution in [3.8, 4) is 5.75 Å². The van der Waals surface area contributed by atoms with Crippen LogP contribution in [0.1, 0.15) is 49.7 Å². The van der Waals surface area contributed by atoms with Crippen molar-refractivity contribution in [3.63, 3.8) is 0 Å². The average Bonchev–Trinajstić information content (AvgIpc) is 2.74. The molecule has 21 heavy (non-hydrogen) atoms. The van der Waals surface area contributed by atoms with Gasteiger partial charge in [0.2, 0.25) is 0 Å². The van der Waals surface area contributed by atoms with Crippen LogP contribution in [0.4, 0.5) is 0 Å². The molecule has 3 nitrogen and oxygen atoms in total. The van der Waals surface area contributed by atoms with Crippen LogP contribution < -0.4 is 0 Å². The summed E-state index contributed by atoms with van der Waals surface area (Å²) in [7, 11) is 0. The van der Waals surface area contributed by atoms with E-state index in [9.17, 15) is 15.3 Å². The standard InChI is InChI=1S/C18H24O3/c1-18-7-6-13-12-3-2-11(19)8-10(12)9-15(20)17(13)14(18)4-5-16(18)21/h2-3,8,13-17,19-21H,4-7,9H2,1H3/t13-,14+,15+,16+,17+,18-/m1/s1. The smallest absolute Gasteiger partial charge is 0.115 e. The molecule has 0 amide bonds. The lowest BCUT2D eigenvalue weighted by molar-refractivity contribution is -0.0627. The van der Waals surface area contributed by atoms with Crippen LogP contribution >= 0.6 is 0 Å². The summed E-state index contributed by atoms with van der Waals surface area (Å²) in [5.41, 5.74) is 2.40. The van der Waals surface area contributed by atoms with Gasteiger partial charge in [0, 0.05) is 0 Å². The van der Waals surface area contributed by atoms with Crippen molar-refractivity contribution in [2.75, 3.05) is 0 Å². The van der Waals surface area contributed by atoms with Crippen LogP contribution in [0.2, 0.25) is 0 Å². The molecule has 0 saturated heterocycles. The Morgan fingerprint density at radius 1 is 1.14 bits per heavy atom. The second kappa shape index (κ2) is 4.47. The summed E-state index contributed by atoms with van der Waals surface area (Å²) in [6.07, 6.45) is 4.05. The highest BCUT2D eigenvalue weighted by Crippen LogP contribution is 2.60. The molecule has 2 saturated carbocycles. The van der Waals surface area contributed by atoms with E-state index < -0.39 is 0 Å².